The van der Waals surface area contributed by atoms with Crippen LogP contribution in [-0.2, 0) is 0 Å². The third kappa shape index (κ3) is 1.99. The van der Waals surface area contributed by atoms with Crippen molar-refractivity contribution in [1.29, 1.82) is 0 Å². The van der Waals surface area contributed by atoms with Gasteiger partial charge in [-0.3, -0.25) is 0 Å². The molecule has 0 heterocycles. The molecular formula is C15H18N2O. The van der Waals surface area contributed by atoms with Crippen LogP contribution in [0.2, 0.25) is 0 Å². The summed E-state index contributed by atoms with van der Waals surface area (Å²) in [6.45, 7) is 3.95. The van der Waals surface area contributed by atoms with E-state index < -0.39 is 0 Å². The molecule has 0 fully saturated rings. The summed E-state index contributed by atoms with van der Waals surface area (Å²) in [7, 11) is 1.65. The van der Waals surface area contributed by atoms with E-state index in [0.29, 0.717) is 0 Å². The Labute approximate surface area is 107 Å². The molecule has 3 nitrogen and oxygen atoms in total. The smallest absolute Gasteiger partial charge is 0.119 e. The second-order valence-corrected chi connectivity index (χ2v) is 4.43. The lowest BCUT2D eigenvalue weighted by Crippen LogP contribution is -2.01. The average Bonchev–Trinajstić information content (AvgIpc) is 2.37. The number of ether oxygens (including phenoxy) is 1. The Balaban J connectivity index is 2.70. The highest BCUT2D eigenvalue weighted by atomic mass is 16.5. The number of hydrogen-bond acceptors (Lipinski definition) is 3. The van der Waals surface area contributed by atoms with E-state index in [1.807, 2.05) is 44.2 Å². The Morgan fingerprint density at radius 2 is 1.78 bits per heavy atom. The van der Waals surface area contributed by atoms with Crippen LogP contribution in [0.4, 0.5) is 11.4 Å². The third-order valence-electron chi connectivity index (χ3n) is 3.23. The van der Waals surface area contributed by atoms with Crippen LogP contribution in [-0.4, -0.2) is 7.11 Å². The lowest BCUT2D eigenvalue weighted by Gasteiger charge is -2.15. The number of nitrogens with two attached hydrogens (primary N) is 2. The molecule has 2 aromatic rings. The summed E-state index contributed by atoms with van der Waals surface area (Å²) in [6.07, 6.45) is 0. The van der Waals surface area contributed by atoms with Gasteiger partial charge in [0.25, 0.3) is 0 Å². The molecule has 0 aliphatic rings. The number of anilines is 2. The maximum atomic E-state index is 6.18. The minimum absolute atomic E-state index is 0.763. The molecule has 0 atom stereocenters. The number of nitrogen functional groups attached to an aromatic ring is 2. The van der Waals surface area contributed by atoms with Crippen molar-refractivity contribution in [3.63, 3.8) is 0 Å². The van der Waals surface area contributed by atoms with Crippen LogP contribution < -0.4 is 16.2 Å². The second-order valence-electron chi connectivity index (χ2n) is 4.43. The predicted octanol–water partition coefficient (Wildman–Crippen LogP) is 3.14. The molecule has 0 aromatic heterocycles. The minimum atomic E-state index is 0.763. The highest BCUT2D eigenvalue weighted by Crippen LogP contribution is 2.36. The van der Waals surface area contributed by atoms with Gasteiger partial charge in [-0.1, -0.05) is 12.1 Å². The van der Waals surface area contributed by atoms with E-state index in [4.69, 9.17) is 16.2 Å². The molecule has 2 aromatic carbocycles. The van der Waals surface area contributed by atoms with Crippen LogP contribution in [0.15, 0.2) is 30.3 Å². The molecule has 3 heteroatoms. The number of benzene rings is 2. The van der Waals surface area contributed by atoms with Gasteiger partial charge in [0.15, 0.2) is 0 Å². The van der Waals surface area contributed by atoms with Gasteiger partial charge < -0.3 is 16.2 Å². The average molecular weight is 242 g/mol. The summed E-state index contributed by atoms with van der Waals surface area (Å²) in [5.41, 5.74) is 17.7. The van der Waals surface area contributed by atoms with Gasteiger partial charge in [0.1, 0.15) is 5.75 Å². The highest BCUT2D eigenvalue weighted by molar-refractivity contribution is 5.85. The molecule has 4 N–H and O–H groups in total. The predicted molar refractivity (Wildman–Crippen MR) is 76.7 cm³/mol. The summed E-state index contributed by atoms with van der Waals surface area (Å²) >= 11 is 0. The van der Waals surface area contributed by atoms with Crippen LogP contribution in [0.1, 0.15) is 11.1 Å². The Hall–Kier alpha value is -2.16. The first-order valence-electron chi connectivity index (χ1n) is 5.84. The molecule has 0 saturated carbocycles. The van der Waals surface area contributed by atoms with E-state index in [-0.39, 0.29) is 0 Å². The van der Waals surface area contributed by atoms with Crippen molar-refractivity contribution < 1.29 is 4.74 Å². The van der Waals surface area contributed by atoms with E-state index in [0.717, 1.165) is 39.4 Å². The molecule has 0 radical (unpaired) electrons. The van der Waals surface area contributed by atoms with Crippen molar-refractivity contribution in [2.24, 2.45) is 0 Å². The van der Waals surface area contributed by atoms with Gasteiger partial charge in [0, 0.05) is 16.9 Å². The number of rotatable bonds is 2. The summed E-state index contributed by atoms with van der Waals surface area (Å²) in [5.74, 6) is 0.811. The molecule has 0 unspecified atom stereocenters. The topological polar surface area (TPSA) is 61.3 Å². The third-order valence-corrected chi connectivity index (χ3v) is 3.23. The Bertz CT molecular complexity index is 565. The molecule has 0 amide bonds. The van der Waals surface area contributed by atoms with Crippen molar-refractivity contribution in [3.8, 4) is 16.9 Å². The van der Waals surface area contributed by atoms with Crippen molar-refractivity contribution in [2.75, 3.05) is 18.6 Å². The lowest BCUT2D eigenvalue weighted by atomic mass is 9.94. The Morgan fingerprint density at radius 3 is 2.44 bits per heavy atom. The molecule has 0 aliphatic carbocycles. The van der Waals surface area contributed by atoms with Gasteiger partial charge in [-0.15, -0.1) is 0 Å². The first kappa shape index (κ1) is 12.3. The maximum absolute atomic E-state index is 6.18. The van der Waals surface area contributed by atoms with E-state index >= 15 is 0 Å². The van der Waals surface area contributed by atoms with Crippen LogP contribution >= 0.6 is 0 Å². The Morgan fingerprint density at radius 1 is 1.06 bits per heavy atom. The summed E-state index contributed by atoms with van der Waals surface area (Å²) in [5, 5.41) is 0. The fourth-order valence-corrected chi connectivity index (χ4v) is 2.11. The number of methoxy groups -OCH3 is 1. The largest absolute Gasteiger partial charge is 0.497 e. The van der Waals surface area contributed by atoms with Crippen LogP contribution in [0.25, 0.3) is 11.1 Å². The molecule has 0 spiro atoms. The van der Waals surface area contributed by atoms with Gasteiger partial charge in [-0.25, -0.2) is 0 Å². The molecule has 2 rings (SSSR count). The maximum Gasteiger partial charge on any atom is 0.119 e. The zero-order valence-corrected chi connectivity index (χ0v) is 10.9. The SMILES string of the molecule is COc1cccc(-c2c(C)c(N)cc(C)c2N)c1. The van der Waals surface area contributed by atoms with Crippen LogP contribution in [0.3, 0.4) is 0 Å². The number of aryl methyl sites for hydroxylation is 1. The zero-order valence-electron chi connectivity index (χ0n) is 10.9. The summed E-state index contributed by atoms with van der Waals surface area (Å²) < 4.78 is 5.24. The quantitative estimate of drug-likeness (QED) is 0.795. The van der Waals surface area contributed by atoms with Gasteiger partial charge in [-0.05, 0) is 48.7 Å². The molecule has 94 valence electrons. The lowest BCUT2D eigenvalue weighted by molar-refractivity contribution is 0.415. The normalized spacial score (nSPS) is 10.4. The first-order chi connectivity index (χ1) is 8.54. The van der Waals surface area contributed by atoms with Crippen LogP contribution in [0.5, 0.6) is 5.75 Å². The van der Waals surface area contributed by atoms with Gasteiger partial charge in [-0.2, -0.15) is 0 Å². The van der Waals surface area contributed by atoms with E-state index in [2.05, 4.69) is 0 Å². The molecular weight excluding hydrogens is 224 g/mol. The van der Waals surface area contributed by atoms with Crippen molar-refractivity contribution in [3.05, 3.63) is 41.5 Å². The summed E-state index contributed by atoms with van der Waals surface area (Å²) in [6, 6.07) is 9.76. The molecule has 0 saturated heterocycles. The zero-order chi connectivity index (χ0) is 13.3. The second kappa shape index (κ2) is 4.61. The highest BCUT2D eigenvalue weighted by Gasteiger charge is 2.12. The molecule has 0 aliphatic heterocycles. The minimum Gasteiger partial charge on any atom is -0.497 e. The van der Waals surface area contributed by atoms with Gasteiger partial charge in [0.05, 0.1) is 7.11 Å². The first-order valence-corrected chi connectivity index (χ1v) is 5.84. The van der Waals surface area contributed by atoms with Crippen molar-refractivity contribution in [2.45, 2.75) is 13.8 Å². The van der Waals surface area contributed by atoms with Gasteiger partial charge >= 0.3 is 0 Å². The fraction of sp³-hybridized carbons (Fsp3) is 0.200. The fourth-order valence-electron chi connectivity index (χ4n) is 2.11. The van der Waals surface area contributed by atoms with Crippen LogP contribution in [0, 0.1) is 13.8 Å². The van der Waals surface area contributed by atoms with Gasteiger partial charge in [0.2, 0.25) is 0 Å². The number of hydrogen-bond donors (Lipinski definition) is 2. The monoisotopic (exact) mass is 242 g/mol. The molecule has 0 bridgehead atoms. The van der Waals surface area contributed by atoms with Crippen molar-refractivity contribution >= 4 is 11.4 Å². The molecule has 18 heavy (non-hydrogen) atoms. The van der Waals surface area contributed by atoms with E-state index in [9.17, 15) is 0 Å². The summed E-state index contributed by atoms with van der Waals surface area (Å²) in [4.78, 5) is 0. The standard InChI is InChI=1S/C15H18N2O/c1-9-7-13(16)10(2)14(15(9)17)11-5-4-6-12(8-11)18-3/h4-8H,16-17H2,1-3H3. The Kier molecular flexibility index (Phi) is 3.15. The van der Waals surface area contributed by atoms with E-state index in [1.54, 1.807) is 7.11 Å². The van der Waals surface area contributed by atoms with E-state index in [1.165, 1.54) is 0 Å². The van der Waals surface area contributed by atoms with Crippen molar-refractivity contribution in [1.82, 2.24) is 0 Å².